The lowest BCUT2D eigenvalue weighted by molar-refractivity contribution is -0.118. The summed E-state index contributed by atoms with van der Waals surface area (Å²) >= 11 is 0. The first-order valence-electron chi connectivity index (χ1n) is 9.51. The van der Waals surface area contributed by atoms with Crippen LogP contribution in [0.5, 0.6) is 5.75 Å². The Labute approximate surface area is 174 Å². The van der Waals surface area contributed by atoms with Gasteiger partial charge in [-0.25, -0.2) is 9.07 Å². The van der Waals surface area contributed by atoms with E-state index in [2.05, 4.69) is 16.5 Å². The fourth-order valence-electron chi connectivity index (χ4n) is 2.74. The minimum atomic E-state index is -0.347. The van der Waals surface area contributed by atoms with Gasteiger partial charge in [0.05, 0.1) is 23.9 Å². The van der Waals surface area contributed by atoms with Gasteiger partial charge in [0.1, 0.15) is 17.4 Å². The molecule has 0 unspecified atom stereocenters. The number of amides is 1. The van der Waals surface area contributed by atoms with Crippen LogP contribution in [0.15, 0.2) is 54.6 Å². The maximum absolute atomic E-state index is 13.3. The van der Waals surface area contributed by atoms with Crippen molar-refractivity contribution in [2.45, 2.75) is 32.6 Å². The molecular formula is C23H23FN4O2. The zero-order valence-corrected chi connectivity index (χ0v) is 17.1. The molecule has 0 atom stereocenters. The van der Waals surface area contributed by atoms with Gasteiger partial charge in [-0.05, 0) is 42.0 Å². The molecule has 2 aromatic carbocycles. The lowest BCUT2D eigenvalue weighted by atomic mass is 9.92. The van der Waals surface area contributed by atoms with Crippen LogP contribution in [0.25, 0.3) is 5.69 Å². The summed E-state index contributed by atoms with van der Waals surface area (Å²) in [5, 5.41) is 16.1. The molecule has 0 aliphatic heterocycles. The van der Waals surface area contributed by atoms with Crippen molar-refractivity contribution in [3.8, 4) is 17.5 Å². The highest BCUT2D eigenvalue weighted by atomic mass is 19.1. The lowest BCUT2D eigenvalue weighted by Gasteiger charge is -2.14. The van der Waals surface area contributed by atoms with E-state index < -0.39 is 0 Å². The zero-order valence-electron chi connectivity index (χ0n) is 17.1. The number of nitrogens with zero attached hydrogens (tertiary/aromatic N) is 3. The first-order chi connectivity index (χ1) is 14.3. The fourth-order valence-corrected chi connectivity index (χ4v) is 2.74. The normalized spacial score (nSPS) is 11.0. The maximum atomic E-state index is 13.3. The van der Waals surface area contributed by atoms with Gasteiger partial charge in [0.25, 0.3) is 5.91 Å². The summed E-state index contributed by atoms with van der Waals surface area (Å²) in [6, 6.07) is 16.8. The van der Waals surface area contributed by atoms with Crippen LogP contribution in [-0.2, 0) is 16.6 Å². The Morgan fingerprint density at radius 2 is 1.83 bits per heavy atom. The predicted molar refractivity (Wildman–Crippen MR) is 112 cm³/mol. The molecule has 0 bridgehead atoms. The maximum Gasteiger partial charge on any atom is 0.263 e. The van der Waals surface area contributed by atoms with Crippen molar-refractivity contribution in [3.05, 3.63) is 71.7 Å². The van der Waals surface area contributed by atoms with Gasteiger partial charge in [-0.15, -0.1) is 0 Å². The van der Waals surface area contributed by atoms with Crippen LogP contribution >= 0.6 is 0 Å². The average molecular weight is 406 g/mol. The second-order valence-corrected chi connectivity index (χ2v) is 7.87. The van der Waals surface area contributed by atoms with Gasteiger partial charge in [-0.3, -0.25) is 4.79 Å². The smallest absolute Gasteiger partial charge is 0.263 e. The van der Waals surface area contributed by atoms with Gasteiger partial charge in [0.2, 0.25) is 0 Å². The summed E-state index contributed by atoms with van der Waals surface area (Å²) in [6.45, 7) is 5.89. The van der Waals surface area contributed by atoms with Crippen molar-refractivity contribution in [1.82, 2.24) is 9.78 Å². The number of hydrogen-bond acceptors (Lipinski definition) is 4. The van der Waals surface area contributed by atoms with Crippen LogP contribution in [0.1, 0.15) is 32.0 Å². The molecule has 0 saturated carbocycles. The van der Waals surface area contributed by atoms with Gasteiger partial charge in [-0.1, -0.05) is 32.9 Å². The molecule has 0 saturated heterocycles. The number of nitriles is 1. The molecule has 0 spiro atoms. The molecule has 1 heterocycles. The third kappa shape index (κ3) is 5.23. The van der Waals surface area contributed by atoms with Crippen LogP contribution in [-0.4, -0.2) is 22.3 Å². The number of ether oxygens (including phenoxy) is 1. The summed E-state index contributed by atoms with van der Waals surface area (Å²) in [5.41, 5.74) is 2.08. The van der Waals surface area contributed by atoms with E-state index in [1.54, 1.807) is 47.1 Å². The predicted octanol–water partition coefficient (Wildman–Crippen LogP) is 4.39. The number of nitrogens with one attached hydrogen (secondary N) is 1. The summed E-state index contributed by atoms with van der Waals surface area (Å²) in [7, 11) is 0. The molecule has 0 aliphatic carbocycles. The minimum absolute atomic E-state index is 0.183. The van der Waals surface area contributed by atoms with Crippen LogP contribution in [0.3, 0.4) is 0 Å². The number of halogens is 1. The van der Waals surface area contributed by atoms with Crippen LogP contribution < -0.4 is 10.1 Å². The summed E-state index contributed by atoms with van der Waals surface area (Å²) in [6.07, 6.45) is 0.324. The number of benzene rings is 2. The lowest BCUT2D eigenvalue weighted by Crippen LogP contribution is -2.21. The first kappa shape index (κ1) is 21.1. The van der Waals surface area contributed by atoms with Gasteiger partial charge in [0, 0.05) is 11.5 Å². The van der Waals surface area contributed by atoms with E-state index in [-0.39, 0.29) is 23.7 Å². The molecule has 1 amide bonds. The van der Waals surface area contributed by atoms with E-state index in [9.17, 15) is 9.18 Å². The molecule has 0 radical (unpaired) electrons. The summed E-state index contributed by atoms with van der Waals surface area (Å²) in [5.74, 6) is 0.320. The SMILES string of the molecule is CC(C)(C)c1cc(NC(=O)COc2ccc(CC#N)cc2)n(-c2ccc(F)cc2)n1. The van der Waals surface area contributed by atoms with Crippen LogP contribution in [0.2, 0.25) is 0 Å². The second kappa shape index (κ2) is 8.78. The topological polar surface area (TPSA) is 79.9 Å². The van der Waals surface area contributed by atoms with E-state index in [1.165, 1.54) is 12.1 Å². The van der Waals surface area contributed by atoms with Crippen LogP contribution in [0, 0.1) is 17.1 Å². The van der Waals surface area contributed by atoms with Crippen molar-refractivity contribution in [2.24, 2.45) is 0 Å². The molecule has 154 valence electrons. The number of anilines is 1. The van der Waals surface area contributed by atoms with Crippen molar-refractivity contribution >= 4 is 11.7 Å². The number of carbonyl (C=O) groups excluding carboxylic acids is 1. The Balaban J connectivity index is 1.74. The summed E-state index contributed by atoms with van der Waals surface area (Å²) in [4.78, 5) is 12.5. The van der Waals surface area contributed by atoms with Gasteiger partial charge in [0.15, 0.2) is 6.61 Å². The molecule has 1 N–H and O–H groups in total. The van der Waals surface area contributed by atoms with E-state index in [1.807, 2.05) is 20.8 Å². The highest BCUT2D eigenvalue weighted by Crippen LogP contribution is 2.26. The quantitative estimate of drug-likeness (QED) is 0.658. The molecule has 1 aromatic heterocycles. The highest BCUT2D eigenvalue weighted by molar-refractivity contribution is 5.91. The van der Waals surface area contributed by atoms with Crippen molar-refractivity contribution < 1.29 is 13.9 Å². The summed E-state index contributed by atoms with van der Waals surface area (Å²) < 4.78 is 20.4. The number of carbonyl (C=O) groups is 1. The third-order valence-electron chi connectivity index (χ3n) is 4.39. The molecule has 0 fully saturated rings. The van der Waals surface area contributed by atoms with Gasteiger partial charge in [-0.2, -0.15) is 10.4 Å². The Hall–Kier alpha value is -3.66. The fraction of sp³-hybridized carbons (Fsp3) is 0.261. The average Bonchev–Trinajstić information content (AvgIpc) is 3.12. The number of rotatable bonds is 6. The Morgan fingerprint density at radius 1 is 1.17 bits per heavy atom. The van der Waals surface area contributed by atoms with Gasteiger partial charge < -0.3 is 10.1 Å². The zero-order chi connectivity index (χ0) is 21.7. The van der Waals surface area contributed by atoms with Crippen LogP contribution in [0.4, 0.5) is 10.2 Å². The molecule has 3 rings (SSSR count). The highest BCUT2D eigenvalue weighted by Gasteiger charge is 2.21. The third-order valence-corrected chi connectivity index (χ3v) is 4.39. The van der Waals surface area contributed by atoms with E-state index in [0.29, 0.717) is 23.7 Å². The van der Waals surface area contributed by atoms with E-state index in [4.69, 9.17) is 10.00 Å². The molecule has 7 heteroatoms. The Morgan fingerprint density at radius 3 is 2.43 bits per heavy atom. The molecule has 0 aliphatic rings. The van der Waals surface area contributed by atoms with Crippen molar-refractivity contribution in [1.29, 1.82) is 5.26 Å². The van der Waals surface area contributed by atoms with Crippen molar-refractivity contribution in [3.63, 3.8) is 0 Å². The second-order valence-electron chi connectivity index (χ2n) is 7.87. The Kier molecular flexibility index (Phi) is 6.17. The van der Waals surface area contributed by atoms with Gasteiger partial charge >= 0.3 is 0 Å². The first-order valence-corrected chi connectivity index (χ1v) is 9.51. The molecule has 6 nitrogen and oxygen atoms in total. The van der Waals surface area contributed by atoms with E-state index >= 15 is 0 Å². The molecule has 3 aromatic rings. The number of aromatic nitrogens is 2. The monoisotopic (exact) mass is 406 g/mol. The minimum Gasteiger partial charge on any atom is -0.484 e. The molecular weight excluding hydrogens is 383 g/mol. The van der Waals surface area contributed by atoms with Crippen molar-refractivity contribution in [2.75, 3.05) is 11.9 Å². The Bertz CT molecular complexity index is 1060. The largest absolute Gasteiger partial charge is 0.484 e. The number of hydrogen-bond donors (Lipinski definition) is 1. The molecule has 30 heavy (non-hydrogen) atoms. The standard InChI is InChI=1S/C23H23FN4O2/c1-23(2,3)20-14-21(28(27-20)18-8-6-17(24)7-9-18)26-22(29)15-30-19-10-4-16(5-11-19)12-13-25/h4-11,14H,12,15H2,1-3H3,(H,26,29). The van der Waals surface area contributed by atoms with E-state index in [0.717, 1.165) is 11.3 Å².